The molecule has 5 nitrogen and oxygen atoms in total. The summed E-state index contributed by atoms with van der Waals surface area (Å²) >= 11 is 6.39. The normalized spacial score (nSPS) is 12.7. The molecule has 0 saturated carbocycles. The molecular weight excluding hydrogens is 475 g/mol. The molecule has 0 bridgehead atoms. The number of hydrogen-bond donors (Lipinski definition) is 1. The second-order valence-corrected chi connectivity index (χ2v) is 11.0. The van der Waals surface area contributed by atoms with Crippen molar-refractivity contribution in [2.75, 3.05) is 19.1 Å². The lowest BCUT2D eigenvalue weighted by Gasteiger charge is -2.24. The van der Waals surface area contributed by atoms with Crippen molar-refractivity contribution < 1.29 is 17.6 Å². The zero-order chi connectivity index (χ0) is 20.0. The van der Waals surface area contributed by atoms with Crippen LogP contribution in [-0.2, 0) is 21.4 Å². The molecule has 1 aromatic heterocycles. The van der Waals surface area contributed by atoms with Crippen LogP contribution in [0.4, 0.5) is 4.39 Å². The number of sulfonamides is 1. The van der Waals surface area contributed by atoms with Gasteiger partial charge in [-0.2, -0.15) is 16.5 Å². The average molecular weight is 495 g/mol. The topological polar surface area (TPSA) is 66.5 Å². The van der Waals surface area contributed by atoms with E-state index in [-0.39, 0.29) is 5.91 Å². The Kier molecular flexibility index (Phi) is 8.29. The van der Waals surface area contributed by atoms with Gasteiger partial charge in [0.25, 0.3) is 0 Å². The number of carbonyl (C=O) groups excluding carboxylic acids is 1. The minimum absolute atomic E-state index is 0.312. The Labute approximate surface area is 175 Å². The van der Waals surface area contributed by atoms with Gasteiger partial charge in [0, 0.05) is 11.9 Å². The first kappa shape index (κ1) is 22.4. The number of halogens is 2. The fourth-order valence-corrected chi connectivity index (χ4v) is 5.71. The van der Waals surface area contributed by atoms with Crippen molar-refractivity contribution >= 4 is 55.0 Å². The first-order chi connectivity index (χ1) is 12.7. The molecule has 2 aromatic rings. The van der Waals surface area contributed by atoms with Crippen LogP contribution in [0.1, 0.15) is 11.3 Å². The van der Waals surface area contributed by atoms with E-state index in [0.717, 1.165) is 14.7 Å². The molecular formula is C17H20BrFN2O3S3. The van der Waals surface area contributed by atoms with Crippen molar-refractivity contribution in [2.24, 2.45) is 0 Å². The van der Waals surface area contributed by atoms with Crippen LogP contribution >= 0.6 is 39.0 Å². The molecule has 0 radical (unpaired) electrons. The Bertz CT molecular complexity index is 889. The molecule has 2 rings (SSSR count). The molecule has 0 aliphatic heterocycles. The minimum Gasteiger partial charge on any atom is -0.339 e. The summed E-state index contributed by atoms with van der Waals surface area (Å²) in [4.78, 5) is 14.8. The molecule has 1 unspecified atom stereocenters. The van der Waals surface area contributed by atoms with E-state index >= 15 is 0 Å². The highest BCUT2D eigenvalue weighted by molar-refractivity contribution is 9.11. The van der Waals surface area contributed by atoms with Crippen LogP contribution in [0, 0.1) is 5.82 Å². The van der Waals surface area contributed by atoms with Crippen LogP contribution in [0.25, 0.3) is 0 Å². The van der Waals surface area contributed by atoms with E-state index in [4.69, 9.17) is 0 Å². The molecule has 1 aromatic carbocycles. The minimum atomic E-state index is -4.15. The number of thiophene rings is 1. The molecule has 1 heterocycles. The summed E-state index contributed by atoms with van der Waals surface area (Å²) in [6.07, 6.45) is 2.19. The van der Waals surface area contributed by atoms with Crippen LogP contribution < -0.4 is 4.72 Å². The molecule has 10 heteroatoms. The number of nitrogens with one attached hydrogen (secondary N) is 1. The largest absolute Gasteiger partial charge is 0.339 e. The molecule has 0 aliphatic carbocycles. The van der Waals surface area contributed by atoms with Crippen LogP contribution in [-0.4, -0.2) is 44.3 Å². The van der Waals surface area contributed by atoms with Gasteiger partial charge in [-0.3, -0.25) is 4.79 Å². The fourth-order valence-electron chi connectivity index (χ4n) is 2.40. The first-order valence-corrected chi connectivity index (χ1v) is 12.5. The second kappa shape index (κ2) is 10.0. The molecule has 148 valence electrons. The van der Waals surface area contributed by atoms with Gasteiger partial charge in [-0.05, 0) is 58.6 Å². The Morgan fingerprint density at radius 2 is 2.04 bits per heavy atom. The zero-order valence-corrected chi connectivity index (χ0v) is 18.9. The van der Waals surface area contributed by atoms with Gasteiger partial charge in [0.15, 0.2) is 0 Å². The van der Waals surface area contributed by atoms with Crippen molar-refractivity contribution in [3.8, 4) is 0 Å². The predicted molar refractivity (Wildman–Crippen MR) is 112 cm³/mol. The quantitative estimate of drug-likeness (QED) is 0.576. The Hall–Kier alpha value is -0.940. The van der Waals surface area contributed by atoms with Crippen molar-refractivity contribution in [1.29, 1.82) is 0 Å². The molecule has 0 saturated heterocycles. The van der Waals surface area contributed by atoms with Crippen LogP contribution in [0.5, 0.6) is 0 Å². The molecule has 27 heavy (non-hydrogen) atoms. The highest BCUT2D eigenvalue weighted by Crippen LogP contribution is 2.23. The van der Waals surface area contributed by atoms with Crippen molar-refractivity contribution in [3.05, 3.63) is 50.9 Å². The number of nitrogens with zero attached hydrogens (tertiary/aromatic N) is 1. The molecule has 0 fully saturated rings. The van der Waals surface area contributed by atoms with Gasteiger partial charge in [0.05, 0.1) is 10.3 Å². The third-order valence-corrected chi connectivity index (χ3v) is 7.49. The van der Waals surface area contributed by atoms with E-state index < -0.39 is 26.8 Å². The lowest BCUT2D eigenvalue weighted by atomic mass is 10.2. The van der Waals surface area contributed by atoms with Gasteiger partial charge >= 0.3 is 0 Å². The summed E-state index contributed by atoms with van der Waals surface area (Å²) < 4.78 is 42.4. The number of benzene rings is 1. The van der Waals surface area contributed by atoms with Gasteiger partial charge in [-0.25, -0.2) is 12.8 Å². The predicted octanol–water partition coefficient (Wildman–Crippen LogP) is 3.71. The highest BCUT2D eigenvalue weighted by atomic mass is 79.9. The Balaban J connectivity index is 2.18. The van der Waals surface area contributed by atoms with Gasteiger partial charge in [0.1, 0.15) is 16.8 Å². The van der Waals surface area contributed by atoms with Crippen LogP contribution in [0.15, 0.2) is 45.1 Å². The average Bonchev–Trinajstić information content (AvgIpc) is 3.02. The van der Waals surface area contributed by atoms with E-state index in [2.05, 4.69) is 20.7 Å². The zero-order valence-electron chi connectivity index (χ0n) is 14.8. The SMILES string of the molecule is CSCCC(NS(=O)(=O)c1ccccc1F)C(=O)N(C)Cc1ccc(Br)s1. The van der Waals surface area contributed by atoms with E-state index in [1.54, 1.807) is 7.05 Å². The summed E-state index contributed by atoms with van der Waals surface area (Å²) in [6.45, 7) is 0.367. The second-order valence-electron chi connectivity index (χ2n) is 5.79. The van der Waals surface area contributed by atoms with Crippen LogP contribution in [0.2, 0.25) is 0 Å². The van der Waals surface area contributed by atoms with Crippen molar-refractivity contribution in [1.82, 2.24) is 9.62 Å². The van der Waals surface area contributed by atoms with Gasteiger partial charge < -0.3 is 4.90 Å². The maximum absolute atomic E-state index is 13.9. The molecule has 1 amide bonds. The number of thioether (sulfide) groups is 1. The standard InChI is InChI=1S/C17H20BrFN2O3S3/c1-21(11-12-7-8-16(18)26-12)17(22)14(9-10-25-2)20-27(23,24)15-6-4-3-5-13(15)19/h3-8,14,20H,9-11H2,1-2H3. The van der Waals surface area contributed by atoms with Crippen molar-refractivity contribution in [3.63, 3.8) is 0 Å². The van der Waals surface area contributed by atoms with E-state index in [1.807, 2.05) is 18.4 Å². The summed E-state index contributed by atoms with van der Waals surface area (Å²) in [6, 6.07) is 7.95. The lowest BCUT2D eigenvalue weighted by Crippen LogP contribution is -2.47. The monoisotopic (exact) mass is 494 g/mol. The highest BCUT2D eigenvalue weighted by Gasteiger charge is 2.29. The number of rotatable bonds is 9. The number of amides is 1. The third kappa shape index (κ3) is 6.28. The van der Waals surface area contributed by atoms with Gasteiger partial charge in [-0.1, -0.05) is 12.1 Å². The smallest absolute Gasteiger partial charge is 0.244 e. The Morgan fingerprint density at radius 3 is 2.63 bits per heavy atom. The maximum Gasteiger partial charge on any atom is 0.244 e. The molecule has 0 spiro atoms. The molecule has 0 aliphatic rings. The fraction of sp³-hybridized carbons (Fsp3) is 0.353. The van der Waals surface area contributed by atoms with E-state index in [9.17, 15) is 17.6 Å². The number of carbonyl (C=O) groups is 1. The van der Waals surface area contributed by atoms with Crippen LogP contribution in [0.3, 0.4) is 0 Å². The Morgan fingerprint density at radius 1 is 1.33 bits per heavy atom. The van der Waals surface area contributed by atoms with Crippen molar-refractivity contribution in [2.45, 2.75) is 23.9 Å². The first-order valence-electron chi connectivity index (χ1n) is 7.99. The maximum atomic E-state index is 13.9. The lowest BCUT2D eigenvalue weighted by molar-refractivity contribution is -0.132. The van der Waals surface area contributed by atoms with Gasteiger partial charge in [-0.15, -0.1) is 11.3 Å². The summed E-state index contributed by atoms with van der Waals surface area (Å²) in [5, 5.41) is 0. The van der Waals surface area contributed by atoms with Gasteiger partial charge in [0.2, 0.25) is 15.9 Å². The van der Waals surface area contributed by atoms with E-state index in [1.165, 1.54) is 46.2 Å². The summed E-state index contributed by atoms with van der Waals surface area (Å²) in [5.74, 6) is -0.611. The molecule has 1 N–H and O–H groups in total. The third-order valence-electron chi connectivity index (χ3n) is 3.73. The summed E-state index contributed by atoms with van der Waals surface area (Å²) in [7, 11) is -2.53. The molecule has 1 atom stereocenters. The number of likely N-dealkylation sites (N-methyl/N-ethyl adjacent to an activating group) is 1. The number of hydrogen-bond acceptors (Lipinski definition) is 5. The summed E-state index contributed by atoms with van der Waals surface area (Å²) in [5.41, 5.74) is 0. The van der Waals surface area contributed by atoms with E-state index in [0.29, 0.717) is 18.7 Å².